The van der Waals surface area contributed by atoms with Gasteiger partial charge in [-0.25, -0.2) is 8.42 Å². The molecule has 1 saturated heterocycles. The Hall–Kier alpha value is -2.09. The van der Waals surface area contributed by atoms with E-state index in [2.05, 4.69) is 10.6 Å². The third-order valence-electron chi connectivity index (χ3n) is 3.81. The summed E-state index contributed by atoms with van der Waals surface area (Å²) in [4.78, 5) is 23.9. The van der Waals surface area contributed by atoms with Gasteiger partial charge in [-0.15, -0.1) is 0 Å². The second kappa shape index (κ2) is 7.65. The summed E-state index contributed by atoms with van der Waals surface area (Å²) >= 11 is 0. The second-order valence-corrected chi connectivity index (χ2v) is 7.79. The van der Waals surface area contributed by atoms with Gasteiger partial charge in [0.05, 0.1) is 11.4 Å². The number of nitrogens with one attached hydrogen (secondary N) is 2. The van der Waals surface area contributed by atoms with Crippen LogP contribution in [0.3, 0.4) is 0 Å². The molecule has 24 heavy (non-hydrogen) atoms. The lowest BCUT2D eigenvalue weighted by atomic mass is 10.1. The zero-order valence-corrected chi connectivity index (χ0v) is 14.7. The molecule has 0 aliphatic carbocycles. The Labute approximate surface area is 142 Å². The van der Waals surface area contributed by atoms with Crippen molar-refractivity contribution in [2.24, 2.45) is 0 Å². The molecule has 2 amide bonds. The lowest BCUT2D eigenvalue weighted by Crippen LogP contribution is -2.45. The molecule has 1 unspecified atom stereocenters. The Morgan fingerprint density at radius 1 is 1.25 bits per heavy atom. The third kappa shape index (κ3) is 4.25. The maximum atomic E-state index is 12.2. The molecule has 0 saturated carbocycles. The number of sulfonamides is 1. The van der Waals surface area contributed by atoms with Crippen LogP contribution < -0.4 is 14.9 Å². The molecule has 0 aromatic heterocycles. The zero-order valence-electron chi connectivity index (χ0n) is 13.9. The van der Waals surface area contributed by atoms with Crippen LogP contribution >= 0.6 is 0 Å². The average molecular weight is 353 g/mol. The number of anilines is 1. The SMILES string of the molecule is CCCNC(=O)C(C)NC(=O)c1ccc(N2CCCS2(=O)=O)cc1. The first-order valence-electron chi connectivity index (χ1n) is 8.04. The van der Waals surface area contributed by atoms with Crippen molar-refractivity contribution in [2.45, 2.75) is 32.7 Å². The number of nitrogens with zero attached hydrogens (tertiary/aromatic N) is 1. The number of hydrogen-bond acceptors (Lipinski definition) is 4. The fourth-order valence-corrected chi connectivity index (χ4v) is 4.02. The Morgan fingerprint density at radius 3 is 2.46 bits per heavy atom. The van der Waals surface area contributed by atoms with Crippen LogP contribution in [0.4, 0.5) is 5.69 Å². The number of carbonyl (C=O) groups is 2. The van der Waals surface area contributed by atoms with Crippen LogP contribution in [0.2, 0.25) is 0 Å². The lowest BCUT2D eigenvalue weighted by Gasteiger charge is -2.17. The van der Waals surface area contributed by atoms with Crippen molar-refractivity contribution in [3.8, 4) is 0 Å². The van der Waals surface area contributed by atoms with Gasteiger partial charge in [0.15, 0.2) is 0 Å². The van der Waals surface area contributed by atoms with Crippen LogP contribution in [-0.4, -0.2) is 45.1 Å². The number of carbonyl (C=O) groups excluding carboxylic acids is 2. The lowest BCUT2D eigenvalue weighted by molar-refractivity contribution is -0.122. The van der Waals surface area contributed by atoms with Gasteiger partial charge in [-0.05, 0) is 44.0 Å². The van der Waals surface area contributed by atoms with Gasteiger partial charge in [-0.3, -0.25) is 13.9 Å². The molecule has 1 fully saturated rings. The quantitative estimate of drug-likeness (QED) is 0.793. The Balaban J connectivity index is 2.00. The molecule has 0 bridgehead atoms. The highest BCUT2D eigenvalue weighted by molar-refractivity contribution is 7.93. The van der Waals surface area contributed by atoms with Gasteiger partial charge in [0, 0.05) is 18.7 Å². The molecular formula is C16H23N3O4S. The van der Waals surface area contributed by atoms with Gasteiger partial charge in [0.2, 0.25) is 15.9 Å². The minimum Gasteiger partial charge on any atom is -0.354 e. The van der Waals surface area contributed by atoms with E-state index in [0.29, 0.717) is 30.8 Å². The van der Waals surface area contributed by atoms with Crippen molar-refractivity contribution < 1.29 is 18.0 Å². The largest absolute Gasteiger partial charge is 0.354 e. The summed E-state index contributed by atoms with van der Waals surface area (Å²) in [5, 5.41) is 5.34. The van der Waals surface area contributed by atoms with Crippen molar-refractivity contribution in [1.29, 1.82) is 0 Å². The molecule has 2 N–H and O–H groups in total. The van der Waals surface area contributed by atoms with E-state index in [9.17, 15) is 18.0 Å². The zero-order chi connectivity index (χ0) is 17.7. The summed E-state index contributed by atoms with van der Waals surface area (Å²) in [7, 11) is -3.23. The Kier molecular flexibility index (Phi) is 5.82. The summed E-state index contributed by atoms with van der Waals surface area (Å²) in [6.45, 7) is 4.60. The first-order chi connectivity index (χ1) is 11.3. The topological polar surface area (TPSA) is 95.6 Å². The van der Waals surface area contributed by atoms with Crippen molar-refractivity contribution in [3.63, 3.8) is 0 Å². The first kappa shape index (κ1) is 18.3. The van der Waals surface area contributed by atoms with E-state index in [1.807, 2.05) is 6.92 Å². The summed E-state index contributed by atoms with van der Waals surface area (Å²) in [5.41, 5.74) is 0.934. The fourth-order valence-electron chi connectivity index (χ4n) is 2.46. The molecule has 1 heterocycles. The molecule has 7 nitrogen and oxygen atoms in total. The Bertz CT molecular complexity index is 701. The van der Waals surface area contributed by atoms with Crippen molar-refractivity contribution >= 4 is 27.5 Å². The summed E-state index contributed by atoms with van der Waals surface area (Å²) in [6.07, 6.45) is 1.43. The summed E-state index contributed by atoms with van der Waals surface area (Å²) in [6, 6.07) is 5.71. The maximum absolute atomic E-state index is 12.2. The first-order valence-corrected chi connectivity index (χ1v) is 9.65. The molecule has 1 aromatic rings. The van der Waals surface area contributed by atoms with Gasteiger partial charge in [0.25, 0.3) is 5.91 Å². The van der Waals surface area contributed by atoms with E-state index in [0.717, 1.165) is 6.42 Å². The molecule has 132 valence electrons. The molecule has 1 atom stereocenters. The van der Waals surface area contributed by atoms with Crippen LogP contribution in [0, 0.1) is 0 Å². The van der Waals surface area contributed by atoms with Crippen molar-refractivity contribution in [3.05, 3.63) is 29.8 Å². The van der Waals surface area contributed by atoms with E-state index >= 15 is 0 Å². The molecule has 2 rings (SSSR count). The molecule has 1 aromatic carbocycles. The van der Waals surface area contributed by atoms with E-state index < -0.39 is 16.1 Å². The van der Waals surface area contributed by atoms with E-state index in [4.69, 9.17) is 0 Å². The van der Waals surface area contributed by atoms with Crippen LogP contribution in [0.5, 0.6) is 0 Å². The van der Waals surface area contributed by atoms with Crippen molar-refractivity contribution in [2.75, 3.05) is 23.1 Å². The van der Waals surface area contributed by atoms with Crippen LogP contribution in [0.25, 0.3) is 0 Å². The smallest absolute Gasteiger partial charge is 0.251 e. The number of benzene rings is 1. The van der Waals surface area contributed by atoms with Gasteiger partial charge < -0.3 is 10.6 Å². The number of amides is 2. The van der Waals surface area contributed by atoms with Crippen LogP contribution in [-0.2, 0) is 14.8 Å². The minimum absolute atomic E-state index is 0.152. The molecule has 0 radical (unpaired) electrons. The Morgan fingerprint density at radius 2 is 1.92 bits per heavy atom. The van der Waals surface area contributed by atoms with Gasteiger partial charge in [-0.1, -0.05) is 6.92 Å². The third-order valence-corrected chi connectivity index (χ3v) is 5.68. The van der Waals surface area contributed by atoms with Gasteiger partial charge >= 0.3 is 0 Å². The summed E-state index contributed by atoms with van der Waals surface area (Å²) in [5.74, 6) is -0.449. The molecule has 8 heteroatoms. The van der Waals surface area contributed by atoms with E-state index in [1.54, 1.807) is 31.2 Å². The molecule has 1 aliphatic heterocycles. The van der Waals surface area contributed by atoms with E-state index in [1.165, 1.54) is 4.31 Å². The van der Waals surface area contributed by atoms with Crippen LogP contribution in [0.1, 0.15) is 37.0 Å². The molecule has 0 spiro atoms. The normalized spacial score (nSPS) is 17.3. The fraction of sp³-hybridized carbons (Fsp3) is 0.500. The number of rotatable bonds is 6. The highest BCUT2D eigenvalue weighted by Gasteiger charge is 2.28. The highest BCUT2D eigenvalue weighted by Crippen LogP contribution is 2.24. The minimum atomic E-state index is -3.23. The highest BCUT2D eigenvalue weighted by atomic mass is 32.2. The molecular weight excluding hydrogens is 330 g/mol. The van der Waals surface area contributed by atoms with E-state index in [-0.39, 0.29) is 17.6 Å². The monoisotopic (exact) mass is 353 g/mol. The maximum Gasteiger partial charge on any atom is 0.251 e. The standard InChI is InChI=1S/C16H23N3O4S/c1-3-9-17-15(20)12(2)18-16(21)13-5-7-14(8-6-13)19-10-4-11-24(19,22)23/h5-8,12H,3-4,9-11H2,1-2H3,(H,17,20)(H,18,21). The predicted octanol–water partition coefficient (Wildman–Crippen LogP) is 0.871. The molecule has 1 aliphatic rings. The van der Waals surface area contributed by atoms with Crippen molar-refractivity contribution in [1.82, 2.24) is 10.6 Å². The predicted molar refractivity (Wildman–Crippen MR) is 92.4 cm³/mol. The average Bonchev–Trinajstić information content (AvgIpc) is 2.91. The summed E-state index contributed by atoms with van der Waals surface area (Å²) < 4.78 is 25.1. The van der Waals surface area contributed by atoms with Gasteiger partial charge in [0.1, 0.15) is 6.04 Å². The second-order valence-electron chi connectivity index (χ2n) is 5.77. The number of hydrogen-bond donors (Lipinski definition) is 2. The van der Waals surface area contributed by atoms with Gasteiger partial charge in [-0.2, -0.15) is 0 Å². The van der Waals surface area contributed by atoms with Crippen LogP contribution in [0.15, 0.2) is 24.3 Å².